The largest absolute Gasteiger partial charge is 0.497 e. The van der Waals surface area contributed by atoms with Crippen molar-refractivity contribution < 1.29 is 27.5 Å². The summed E-state index contributed by atoms with van der Waals surface area (Å²) in [6.45, 7) is 5.69. The molecule has 3 aromatic rings. The van der Waals surface area contributed by atoms with Crippen molar-refractivity contribution in [1.29, 1.82) is 0 Å². The number of aryl methyl sites for hydroxylation is 1. The molecule has 0 fully saturated rings. The molecule has 0 heterocycles. The van der Waals surface area contributed by atoms with Gasteiger partial charge in [-0.15, -0.1) is 0 Å². The van der Waals surface area contributed by atoms with Crippen LogP contribution < -0.4 is 19.1 Å². The van der Waals surface area contributed by atoms with E-state index in [0.29, 0.717) is 12.3 Å². The summed E-state index contributed by atoms with van der Waals surface area (Å²) >= 11 is 0. The minimum atomic E-state index is -4.24. The van der Waals surface area contributed by atoms with Gasteiger partial charge in [0.15, 0.2) is 0 Å². The molecule has 41 heavy (non-hydrogen) atoms. The lowest BCUT2D eigenvalue weighted by Crippen LogP contribution is -2.51. The highest BCUT2D eigenvalue weighted by molar-refractivity contribution is 7.92. The van der Waals surface area contributed by atoms with Gasteiger partial charge in [0.05, 0.1) is 24.8 Å². The van der Waals surface area contributed by atoms with Crippen molar-refractivity contribution in [2.75, 3.05) is 31.6 Å². The summed E-state index contributed by atoms with van der Waals surface area (Å²) in [4.78, 5) is 28.6. The highest BCUT2D eigenvalue weighted by atomic mass is 32.2. The maximum Gasteiger partial charge on any atom is 0.264 e. The zero-order chi connectivity index (χ0) is 30.0. The second kappa shape index (κ2) is 14.5. The molecular weight excluding hydrogens is 542 g/mol. The van der Waals surface area contributed by atoms with Gasteiger partial charge in [0.25, 0.3) is 10.0 Å². The lowest BCUT2D eigenvalue weighted by Gasteiger charge is -2.32. The predicted octanol–water partition coefficient (Wildman–Crippen LogP) is 4.54. The number of carbonyl (C=O) groups excluding carboxylic acids is 2. The van der Waals surface area contributed by atoms with Crippen LogP contribution in [0, 0.1) is 6.92 Å². The molecule has 0 radical (unpaired) electrons. The number of amides is 2. The predicted molar refractivity (Wildman–Crippen MR) is 160 cm³/mol. The Balaban J connectivity index is 2.05. The zero-order valence-corrected chi connectivity index (χ0v) is 25.1. The van der Waals surface area contributed by atoms with Crippen molar-refractivity contribution in [3.8, 4) is 11.5 Å². The van der Waals surface area contributed by atoms with E-state index in [-0.39, 0.29) is 28.8 Å². The number of ether oxygens (including phenoxy) is 2. The van der Waals surface area contributed by atoms with E-state index in [9.17, 15) is 18.0 Å². The fourth-order valence-electron chi connectivity index (χ4n) is 4.31. The van der Waals surface area contributed by atoms with Gasteiger partial charge < -0.3 is 19.7 Å². The molecule has 220 valence electrons. The van der Waals surface area contributed by atoms with Crippen LogP contribution in [-0.4, -0.2) is 58.5 Å². The van der Waals surface area contributed by atoms with E-state index >= 15 is 0 Å². The average molecular weight is 582 g/mol. The molecule has 10 heteroatoms. The molecular formula is C31H39N3O6S. The minimum absolute atomic E-state index is 0.0205. The van der Waals surface area contributed by atoms with Crippen LogP contribution in [0.5, 0.6) is 11.5 Å². The van der Waals surface area contributed by atoms with E-state index in [0.717, 1.165) is 28.3 Å². The van der Waals surface area contributed by atoms with Crippen LogP contribution in [0.15, 0.2) is 77.7 Å². The third-order valence-corrected chi connectivity index (χ3v) is 8.65. The third-order valence-electron chi connectivity index (χ3n) is 6.88. The highest BCUT2D eigenvalue weighted by Crippen LogP contribution is 2.33. The van der Waals surface area contributed by atoms with Crippen LogP contribution in [0.2, 0.25) is 0 Å². The molecule has 0 aromatic heterocycles. The van der Waals surface area contributed by atoms with Crippen LogP contribution in [0.4, 0.5) is 5.69 Å². The Labute approximate surface area is 243 Å². The highest BCUT2D eigenvalue weighted by Gasteiger charge is 2.33. The van der Waals surface area contributed by atoms with Crippen LogP contribution >= 0.6 is 0 Å². The van der Waals surface area contributed by atoms with Gasteiger partial charge in [-0.05, 0) is 67.8 Å². The van der Waals surface area contributed by atoms with E-state index in [2.05, 4.69) is 5.32 Å². The first-order valence-electron chi connectivity index (χ1n) is 13.6. The number of hydrogen-bond donors (Lipinski definition) is 1. The van der Waals surface area contributed by atoms with Crippen LogP contribution in [0.25, 0.3) is 0 Å². The van der Waals surface area contributed by atoms with Crippen molar-refractivity contribution in [1.82, 2.24) is 10.2 Å². The van der Waals surface area contributed by atoms with Crippen molar-refractivity contribution in [2.24, 2.45) is 0 Å². The number of benzene rings is 3. The van der Waals surface area contributed by atoms with E-state index in [1.54, 1.807) is 43.3 Å². The SMILES string of the molecule is CCCCNC(=O)C(C)N(Cc1ccccc1C)C(=O)CN(c1ccccc1OC)S(=O)(=O)c1ccc(OC)cc1. The minimum Gasteiger partial charge on any atom is -0.497 e. The molecule has 0 saturated heterocycles. The number of para-hydroxylation sites is 2. The Kier molecular flexibility index (Phi) is 11.2. The average Bonchev–Trinajstić information content (AvgIpc) is 2.99. The molecule has 0 saturated carbocycles. The smallest absolute Gasteiger partial charge is 0.264 e. The Bertz CT molecular complexity index is 1430. The monoisotopic (exact) mass is 581 g/mol. The van der Waals surface area contributed by atoms with Crippen LogP contribution in [0.3, 0.4) is 0 Å². The quantitative estimate of drug-likeness (QED) is 0.280. The third kappa shape index (κ3) is 7.79. The fraction of sp³-hybridized carbons (Fsp3) is 0.355. The molecule has 0 aliphatic rings. The summed E-state index contributed by atoms with van der Waals surface area (Å²) in [5.74, 6) is -0.0546. The van der Waals surface area contributed by atoms with Gasteiger partial charge in [-0.25, -0.2) is 8.42 Å². The van der Waals surface area contributed by atoms with Crippen molar-refractivity contribution in [3.63, 3.8) is 0 Å². The number of nitrogens with one attached hydrogen (secondary N) is 1. The first-order valence-corrected chi connectivity index (χ1v) is 15.0. The van der Waals surface area contributed by atoms with Gasteiger partial charge in [0.2, 0.25) is 11.8 Å². The molecule has 9 nitrogen and oxygen atoms in total. The van der Waals surface area contributed by atoms with Crippen molar-refractivity contribution >= 4 is 27.5 Å². The summed E-state index contributed by atoms with van der Waals surface area (Å²) in [7, 11) is -1.31. The first-order chi connectivity index (χ1) is 19.6. The topological polar surface area (TPSA) is 105 Å². The summed E-state index contributed by atoms with van der Waals surface area (Å²) < 4.78 is 39.7. The normalized spacial score (nSPS) is 11.8. The maximum atomic E-state index is 14.1. The second-order valence-electron chi connectivity index (χ2n) is 9.63. The van der Waals surface area contributed by atoms with Gasteiger partial charge >= 0.3 is 0 Å². The Morgan fingerprint density at radius 2 is 1.59 bits per heavy atom. The van der Waals surface area contributed by atoms with E-state index < -0.39 is 28.5 Å². The molecule has 0 bridgehead atoms. The molecule has 2 amide bonds. The Morgan fingerprint density at radius 3 is 2.22 bits per heavy atom. The van der Waals surface area contributed by atoms with E-state index in [1.807, 2.05) is 38.1 Å². The zero-order valence-electron chi connectivity index (χ0n) is 24.3. The molecule has 1 atom stereocenters. The number of methoxy groups -OCH3 is 2. The van der Waals surface area contributed by atoms with Gasteiger partial charge in [0, 0.05) is 13.1 Å². The Hall–Kier alpha value is -4.05. The molecule has 3 aromatic carbocycles. The Morgan fingerprint density at radius 1 is 0.927 bits per heavy atom. The first kappa shape index (κ1) is 31.5. The van der Waals surface area contributed by atoms with Crippen molar-refractivity contribution in [2.45, 2.75) is 51.1 Å². The number of sulfonamides is 1. The molecule has 0 aliphatic heterocycles. The standard InChI is InChI=1S/C31H39N3O6S/c1-6-7-20-32-31(36)24(3)33(21-25-13-9-8-12-23(25)2)30(35)22-34(28-14-10-11-15-29(28)40-5)41(37,38)27-18-16-26(39-4)17-19-27/h8-19,24H,6-7,20-22H2,1-5H3,(H,32,36). The van der Waals surface area contributed by atoms with Gasteiger partial charge in [-0.3, -0.25) is 13.9 Å². The number of hydrogen-bond acceptors (Lipinski definition) is 6. The number of anilines is 1. The van der Waals surface area contributed by atoms with Crippen LogP contribution in [-0.2, 0) is 26.2 Å². The number of rotatable bonds is 14. The summed E-state index contributed by atoms with van der Waals surface area (Å²) in [6, 6.07) is 19.3. The van der Waals surface area contributed by atoms with Crippen LogP contribution in [0.1, 0.15) is 37.8 Å². The molecule has 3 rings (SSSR count). The number of carbonyl (C=O) groups is 2. The van der Waals surface area contributed by atoms with E-state index in [1.165, 1.54) is 31.3 Å². The molecule has 1 N–H and O–H groups in total. The number of nitrogens with zero attached hydrogens (tertiary/aromatic N) is 2. The van der Waals surface area contributed by atoms with Gasteiger partial charge in [-0.1, -0.05) is 49.7 Å². The van der Waals surface area contributed by atoms with Gasteiger partial charge in [0.1, 0.15) is 24.1 Å². The van der Waals surface area contributed by atoms with Crippen molar-refractivity contribution in [3.05, 3.63) is 83.9 Å². The molecule has 0 aliphatic carbocycles. The summed E-state index contributed by atoms with van der Waals surface area (Å²) in [5.41, 5.74) is 2.02. The fourth-order valence-corrected chi connectivity index (χ4v) is 5.74. The van der Waals surface area contributed by atoms with Gasteiger partial charge in [-0.2, -0.15) is 0 Å². The summed E-state index contributed by atoms with van der Waals surface area (Å²) in [6.07, 6.45) is 1.73. The summed E-state index contributed by atoms with van der Waals surface area (Å²) in [5, 5.41) is 2.89. The lowest BCUT2D eigenvalue weighted by atomic mass is 10.1. The second-order valence-corrected chi connectivity index (χ2v) is 11.5. The van der Waals surface area contributed by atoms with E-state index in [4.69, 9.17) is 9.47 Å². The number of unbranched alkanes of at least 4 members (excludes halogenated alkanes) is 1. The maximum absolute atomic E-state index is 14.1. The molecule has 0 spiro atoms. The lowest BCUT2D eigenvalue weighted by molar-refractivity contribution is -0.139. The molecule has 1 unspecified atom stereocenters.